The predicted molar refractivity (Wildman–Crippen MR) is 65.5 cm³/mol. The molecule has 1 unspecified atom stereocenters. The second kappa shape index (κ2) is 5.61. The number of aromatic amines is 1. The zero-order valence-corrected chi connectivity index (χ0v) is 11.1. The lowest BCUT2D eigenvalue weighted by Gasteiger charge is -2.08. The van der Waals surface area contributed by atoms with E-state index in [4.69, 9.17) is 0 Å². The van der Waals surface area contributed by atoms with Crippen molar-refractivity contribution in [3.63, 3.8) is 0 Å². The van der Waals surface area contributed by atoms with Gasteiger partial charge in [-0.1, -0.05) is 33.6 Å². The minimum absolute atomic E-state index is 0.0849. The van der Waals surface area contributed by atoms with Gasteiger partial charge in [0.1, 0.15) is 11.5 Å². The topological polar surface area (TPSA) is 28.7 Å². The lowest BCUT2D eigenvalue weighted by atomic mass is 10.0. The molecule has 0 saturated carbocycles. The highest BCUT2D eigenvalue weighted by molar-refractivity contribution is 5.20. The SMILES string of the molecule is CCCCC(C)c1nc(C(C)(F)F)c(CC)[nH]1. The molecule has 0 spiro atoms. The molecule has 1 rings (SSSR count). The number of H-pyrrole nitrogens is 1. The number of aromatic nitrogens is 2. The van der Waals surface area contributed by atoms with Gasteiger partial charge in [0.25, 0.3) is 5.92 Å². The van der Waals surface area contributed by atoms with Crippen LogP contribution < -0.4 is 0 Å². The number of halogens is 2. The van der Waals surface area contributed by atoms with Crippen LogP contribution in [0.2, 0.25) is 0 Å². The molecule has 1 aromatic heterocycles. The van der Waals surface area contributed by atoms with Crippen LogP contribution in [0.1, 0.15) is 70.1 Å². The van der Waals surface area contributed by atoms with Crippen molar-refractivity contribution in [2.24, 2.45) is 0 Å². The Hall–Kier alpha value is -0.930. The maximum atomic E-state index is 13.3. The molecule has 1 atom stereocenters. The van der Waals surface area contributed by atoms with E-state index in [1.54, 1.807) is 0 Å². The smallest absolute Gasteiger partial charge is 0.288 e. The number of alkyl halides is 2. The van der Waals surface area contributed by atoms with E-state index in [-0.39, 0.29) is 11.6 Å². The second-order valence-electron chi connectivity index (χ2n) is 4.73. The summed E-state index contributed by atoms with van der Waals surface area (Å²) in [5.41, 5.74) is 0.481. The van der Waals surface area contributed by atoms with E-state index in [1.807, 2.05) is 13.8 Å². The van der Waals surface area contributed by atoms with Crippen molar-refractivity contribution in [1.82, 2.24) is 9.97 Å². The predicted octanol–water partition coefficient (Wildman–Crippen LogP) is 4.38. The molecule has 0 radical (unpaired) electrons. The van der Waals surface area contributed by atoms with Crippen LogP contribution in [-0.2, 0) is 12.3 Å². The summed E-state index contributed by atoms with van der Waals surface area (Å²) >= 11 is 0. The van der Waals surface area contributed by atoms with Crippen molar-refractivity contribution >= 4 is 0 Å². The van der Waals surface area contributed by atoms with E-state index in [2.05, 4.69) is 16.9 Å². The maximum absolute atomic E-state index is 13.3. The van der Waals surface area contributed by atoms with Gasteiger partial charge in [-0.2, -0.15) is 8.78 Å². The first kappa shape index (κ1) is 14.1. The number of nitrogens with one attached hydrogen (secondary N) is 1. The largest absolute Gasteiger partial charge is 0.345 e. The first-order chi connectivity index (χ1) is 7.90. The van der Waals surface area contributed by atoms with Gasteiger partial charge in [0.05, 0.1) is 0 Å². The Kier molecular flexibility index (Phi) is 4.66. The van der Waals surface area contributed by atoms with Crippen molar-refractivity contribution < 1.29 is 8.78 Å². The van der Waals surface area contributed by atoms with E-state index >= 15 is 0 Å². The van der Waals surface area contributed by atoms with Gasteiger partial charge in [0.2, 0.25) is 0 Å². The average molecular weight is 244 g/mol. The van der Waals surface area contributed by atoms with Crippen LogP contribution in [-0.4, -0.2) is 9.97 Å². The summed E-state index contributed by atoms with van der Waals surface area (Å²) < 4.78 is 26.7. The number of imidazole rings is 1. The lowest BCUT2D eigenvalue weighted by molar-refractivity contribution is 0.0121. The van der Waals surface area contributed by atoms with Gasteiger partial charge in [-0.05, 0) is 12.8 Å². The van der Waals surface area contributed by atoms with Crippen molar-refractivity contribution in [2.45, 2.75) is 65.2 Å². The molecule has 0 bridgehead atoms. The fourth-order valence-corrected chi connectivity index (χ4v) is 1.93. The molecule has 0 amide bonds. The van der Waals surface area contributed by atoms with Crippen LogP contribution in [0.5, 0.6) is 0 Å². The van der Waals surface area contributed by atoms with Gasteiger partial charge < -0.3 is 4.98 Å². The Labute approximate surface area is 102 Å². The van der Waals surface area contributed by atoms with Crippen molar-refractivity contribution in [2.75, 3.05) is 0 Å². The molecule has 0 saturated heterocycles. The summed E-state index contributed by atoms with van der Waals surface area (Å²) in [4.78, 5) is 7.16. The molecule has 0 fully saturated rings. The first-order valence-corrected chi connectivity index (χ1v) is 6.37. The Morgan fingerprint density at radius 2 is 2.00 bits per heavy atom. The van der Waals surface area contributed by atoms with Gasteiger partial charge in [-0.15, -0.1) is 0 Å². The third kappa shape index (κ3) is 3.51. The molecule has 98 valence electrons. The summed E-state index contributed by atoms with van der Waals surface area (Å²) in [5, 5.41) is 0. The summed E-state index contributed by atoms with van der Waals surface area (Å²) in [7, 11) is 0. The maximum Gasteiger partial charge on any atom is 0.288 e. The fourth-order valence-electron chi connectivity index (χ4n) is 1.93. The monoisotopic (exact) mass is 244 g/mol. The van der Waals surface area contributed by atoms with Crippen LogP contribution in [0.4, 0.5) is 8.78 Å². The molecular formula is C13H22F2N2. The molecule has 0 aromatic carbocycles. The van der Waals surface area contributed by atoms with E-state index in [9.17, 15) is 8.78 Å². The molecule has 17 heavy (non-hydrogen) atoms. The highest BCUT2D eigenvalue weighted by atomic mass is 19.3. The molecule has 0 aliphatic rings. The summed E-state index contributed by atoms with van der Waals surface area (Å²) in [6, 6.07) is 0. The Morgan fingerprint density at radius 3 is 2.41 bits per heavy atom. The van der Waals surface area contributed by atoms with E-state index < -0.39 is 5.92 Å². The van der Waals surface area contributed by atoms with Crippen LogP contribution in [0.3, 0.4) is 0 Å². The van der Waals surface area contributed by atoms with Crippen molar-refractivity contribution in [3.8, 4) is 0 Å². The average Bonchev–Trinajstić information content (AvgIpc) is 2.69. The Balaban J connectivity index is 2.92. The molecular weight excluding hydrogens is 222 g/mol. The molecule has 0 aliphatic carbocycles. The van der Waals surface area contributed by atoms with E-state index in [1.165, 1.54) is 0 Å². The molecule has 1 N–H and O–H groups in total. The quantitative estimate of drug-likeness (QED) is 0.790. The van der Waals surface area contributed by atoms with Gasteiger partial charge in [-0.25, -0.2) is 4.98 Å². The van der Waals surface area contributed by atoms with E-state index in [0.29, 0.717) is 17.9 Å². The van der Waals surface area contributed by atoms with Crippen LogP contribution in [0, 0.1) is 0 Å². The van der Waals surface area contributed by atoms with Crippen LogP contribution >= 0.6 is 0 Å². The first-order valence-electron chi connectivity index (χ1n) is 6.37. The number of rotatable bonds is 6. The number of hydrogen-bond donors (Lipinski definition) is 1. The van der Waals surface area contributed by atoms with Crippen molar-refractivity contribution in [1.29, 1.82) is 0 Å². The number of hydrogen-bond acceptors (Lipinski definition) is 1. The standard InChI is InChI=1S/C13H22F2N2/c1-5-7-8-9(3)12-16-10(6-2)11(17-12)13(4,14)15/h9H,5-8H2,1-4H3,(H,16,17). The van der Waals surface area contributed by atoms with Gasteiger partial charge in [-0.3, -0.25) is 0 Å². The third-order valence-corrected chi connectivity index (χ3v) is 3.02. The fraction of sp³-hybridized carbons (Fsp3) is 0.769. The molecule has 2 nitrogen and oxygen atoms in total. The second-order valence-corrected chi connectivity index (χ2v) is 4.73. The molecule has 0 aliphatic heterocycles. The normalized spacial score (nSPS) is 14.0. The lowest BCUT2D eigenvalue weighted by Crippen LogP contribution is -2.10. The van der Waals surface area contributed by atoms with Gasteiger partial charge >= 0.3 is 0 Å². The molecule has 1 heterocycles. The summed E-state index contributed by atoms with van der Waals surface area (Å²) in [5.74, 6) is -1.94. The van der Waals surface area contributed by atoms with Crippen molar-refractivity contribution in [3.05, 3.63) is 17.2 Å². The van der Waals surface area contributed by atoms with Crippen LogP contribution in [0.25, 0.3) is 0 Å². The number of aryl methyl sites for hydroxylation is 1. The minimum atomic E-state index is -2.86. The van der Waals surface area contributed by atoms with Gasteiger partial charge in [0.15, 0.2) is 0 Å². The Morgan fingerprint density at radius 1 is 1.35 bits per heavy atom. The van der Waals surface area contributed by atoms with Gasteiger partial charge in [0, 0.05) is 18.5 Å². The molecule has 1 aromatic rings. The van der Waals surface area contributed by atoms with Crippen LogP contribution in [0.15, 0.2) is 0 Å². The zero-order valence-electron chi connectivity index (χ0n) is 11.1. The summed E-state index contributed by atoms with van der Waals surface area (Å²) in [6.07, 6.45) is 3.76. The number of unbranched alkanes of at least 4 members (excludes halogenated alkanes) is 1. The highest BCUT2D eigenvalue weighted by Crippen LogP contribution is 2.30. The van der Waals surface area contributed by atoms with E-state index in [0.717, 1.165) is 26.2 Å². The Bertz CT molecular complexity index is 353. The minimum Gasteiger partial charge on any atom is -0.345 e. The molecule has 4 heteroatoms. The summed E-state index contributed by atoms with van der Waals surface area (Å²) in [6.45, 7) is 6.93. The highest BCUT2D eigenvalue weighted by Gasteiger charge is 2.31. The third-order valence-electron chi connectivity index (χ3n) is 3.02. The number of nitrogens with zero attached hydrogens (tertiary/aromatic N) is 1. The zero-order chi connectivity index (χ0) is 13.1.